The summed E-state index contributed by atoms with van der Waals surface area (Å²) in [5, 5.41) is 7.42. The third-order valence-corrected chi connectivity index (χ3v) is 2.25. The number of fused-ring (bicyclic) bond motifs is 1. The summed E-state index contributed by atoms with van der Waals surface area (Å²) in [5.41, 5.74) is 6.43. The van der Waals surface area contributed by atoms with Crippen molar-refractivity contribution in [3.05, 3.63) is 24.7 Å². The first kappa shape index (κ1) is 9.92. The molecule has 0 atom stereocenters. The van der Waals surface area contributed by atoms with Gasteiger partial charge in [-0.05, 0) is 25.5 Å². The number of unbranched alkanes of at least 4 members (excludes halogenated alkanes) is 1. The van der Waals surface area contributed by atoms with Gasteiger partial charge in [0, 0.05) is 18.9 Å². The number of aromatic nitrogens is 3. The van der Waals surface area contributed by atoms with E-state index in [0.29, 0.717) is 0 Å². The Bertz CT molecular complexity index is 422. The number of nitrogens with one attached hydrogen (secondary N) is 1. The quantitative estimate of drug-likeness (QED) is 0.711. The van der Waals surface area contributed by atoms with Gasteiger partial charge in [-0.2, -0.15) is 5.10 Å². The number of nitrogens with zero attached hydrogens (tertiary/aromatic N) is 3. The molecule has 5 heteroatoms. The van der Waals surface area contributed by atoms with Gasteiger partial charge in [-0.15, -0.1) is 0 Å². The second-order valence-corrected chi connectivity index (χ2v) is 3.36. The molecule has 3 N–H and O–H groups in total. The first-order valence-electron chi connectivity index (χ1n) is 5.14. The highest BCUT2D eigenvalue weighted by atomic mass is 15.2. The fraction of sp³-hybridized carbons (Fsp3) is 0.400. The topological polar surface area (TPSA) is 68.2 Å². The lowest BCUT2D eigenvalue weighted by Gasteiger charge is -2.05. The summed E-state index contributed by atoms with van der Waals surface area (Å²) in [7, 11) is 0. The highest BCUT2D eigenvalue weighted by Crippen LogP contribution is 2.11. The average Bonchev–Trinajstić information content (AvgIpc) is 2.73. The van der Waals surface area contributed by atoms with Gasteiger partial charge >= 0.3 is 0 Å². The van der Waals surface area contributed by atoms with Crippen LogP contribution >= 0.6 is 0 Å². The largest absolute Gasteiger partial charge is 0.368 e. The summed E-state index contributed by atoms with van der Waals surface area (Å²) in [4.78, 5) is 4.27. The van der Waals surface area contributed by atoms with Crippen LogP contribution < -0.4 is 11.1 Å². The van der Waals surface area contributed by atoms with E-state index in [1.807, 2.05) is 12.3 Å². The Morgan fingerprint density at radius 2 is 2.27 bits per heavy atom. The van der Waals surface area contributed by atoms with Crippen LogP contribution in [0.25, 0.3) is 5.52 Å². The van der Waals surface area contributed by atoms with Gasteiger partial charge in [0.05, 0.1) is 6.20 Å². The zero-order chi connectivity index (χ0) is 10.5. The van der Waals surface area contributed by atoms with E-state index in [1.54, 1.807) is 16.9 Å². The molecule has 0 saturated carbocycles. The summed E-state index contributed by atoms with van der Waals surface area (Å²) in [6, 6.07) is 1.94. The van der Waals surface area contributed by atoms with Crippen molar-refractivity contribution >= 4 is 11.3 Å². The summed E-state index contributed by atoms with van der Waals surface area (Å²) in [6.07, 6.45) is 7.44. The fourth-order valence-corrected chi connectivity index (χ4v) is 1.47. The molecule has 0 aromatic carbocycles. The van der Waals surface area contributed by atoms with Gasteiger partial charge in [0.15, 0.2) is 5.82 Å². The van der Waals surface area contributed by atoms with Crippen molar-refractivity contribution in [1.82, 2.24) is 14.6 Å². The number of hydrogen-bond acceptors (Lipinski definition) is 4. The molecule has 0 aliphatic carbocycles. The molecule has 0 aliphatic rings. The van der Waals surface area contributed by atoms with Crippen molar-refractivity contribution in [3.63, 3.8) is 0 Å². The molecule has 0 unspecified atom stereocenters. The first-order valence-corrected chi connectivity index (χ1v) is 5.14. The van der Waals surface area contributed by atoms with Crippen molar-refractivity contribution in [1.29, 1.82) is 0 Å². The van der Waals surface area contributed by atoms with E-state index in [4.69, 9.17) is 5.73 Å². The van der Waals surface area contributed by atoms with E-state index >= 15 is 0 Å². The molecular formula is C10H15N5. The van der Waals surface area contributed by atoms with E-state index in [2.05, 4.69) is 15.4 Å². The van der Waals surface area contributed by atoms with Crippen LogP contribution in [0.5, 0.6) is 0 Å². The Labute approximate surface area is 88.3 Å². The summed E-state index contributed by atoms with van der Waals surface area (Å²) >= 11 is 0. The molecule has 80 valence electrons. The lowest BCUT2D eigenvalue weighted by atomic mass is 10.3. The predicted octanol–water partition coefficient (Wildman–Crippen LogP) is 0.880. The molecule has 0 radical (unpaired) electrons. The Kier molecular flexibility index (Phi) is 3.14. The highest BCUT2D eigenvalue weighted by molar-refractivity contribution is 5.66. The van der Waals surface area contributed by atoms with Gasteiger partial charge < -0.3 is 11.1 Å². The monoisotopic (exact) mass is 205 g/mol. The highest BCUT2D eigenvalue weighted by Gasteiger charge is 2.00. The standard InChI is InChI=1S/C10H15N5/c11-4-1-2-5-12-10-9-3-6-14-15(9)8-7-13-10/h3,6-8H,1-2,4-5,11H2,(H,12,13). The zero-order valence-electron chi connectivity index (χ0n) is 8.56. The molecule has 0 fully saturated rings. The van der Waals surface area contributed by atoms with Crippen LogP contribution in [0, 0.1) is 0 Å². The molecule has 2 heterocycles. The van der Waals surface area contributed by atoms with E-state index in [1.165, 1.54) is 0 Å². The second kappa shape index (κ2) is 4.75. The third kappa shape index (κ3) is 2.24. The van der Waals surface area contributed by atoms with Gasteiger partial charge in [-0.25, -0.2) is 9.50 Å². The molecule has 15 heavy (non-hydrogen) atoms. The Hall–Kier alpha value is -1.62. The third-order valence-electron chi connectivity index (χ3n) is 2.25. The lowest BCUT2D eigenvalue weighted by molar-refractivity contribution is 0.772. The van der Waals surface area contributed by atoms with Crippen molar-refractivity contribution in [3.8, 4) is 0 Å². The van der Waals surface area contributed by atoms with E-state index in [9.17, 15) is 0 Å². The van der Waals surface area contributed by atoms with E-state index in [-0.39, 0.29) is 0 Å². The van der Waals surface area contributed by atoms with Gasteiger partial charge in [0.2, 0.25) is 0 Å². The molecule has 5 nitrogen and oxygen atoms in total. The molecule has 2 aromatic rings. The van der Waals surface area contributed by atoms with Gasteiger partial charge in [-0.1, -0.05) is 0 Å². The predicted molar refractivity (Wildman–Crippen MR) is 59.8 cm³/mol. The summed E-state index contributed by atoms with van der Waals surface area (Å²) < 4.78 is 1.80. The summed E-state index contributed by atoms with van der Waals surface area (Å²) in [6.45, 7) is 1.64. The van der Waals surface area contributed by atoms with Crippen molar-refractivity contribution in [2.45, 2.75) is 12.8 Å². The number of anilines is 1. The minimum Gasteiger partial charge on any atom is -0.368 e. The Morgan fingerprint density at radius 1 is 1.33 bits per heavy atom. The molecule has 0 spiro atoms. The number of nitrogens with two attached hydrogens (primary N) is 1. The van der Waals surface area contributed by atoms with Crippen LogP contribution in [-0.4, -0.2) is 27.7 Å². The van der Waals surface area contributed by atoms with Gasteiger partial charge in [0.1, 0.15) is 5.52 Å². The van der Waals surface area contributed by atoms with Gasteiger partial charge in [0.25, 0.3) is 0 Å². The maximum Gasteiger partial charge on any atom is 0.152 e. The minimum absolute atomic E-state index is 0.742. The molecule has 2 rings (SSSR count). The lowest BCUT2D eigenvalue weighted by Crippen LogP contribution is -2.07. The van der Waals surface area contributed by atoms with E-state index < -0.39 is 0 Å². The average molecular weight is 205 g/mol. The Morgan fingerprint density at radius 3 is 3.13 bits per heavy atom. The van der Waals surface area contributed by atoms with Crippen molar-refractivity contribution < 1.29 is 0 Å². The van der Waals surface area contributed by atoms with Crippen molar-refractivity contribution in [2.24, 2.45) is 5.73 Å². The van der Waals surface area contributed by atoms with Crippen molar-refractivity contribution in [2.75, 3.05) is 18.4 Å². The number of hydrogen-bond donors (Lipinski definition) is 2. The molecule has 2 aromatic heterocycles. The molecule has 0 amide bonds. The smallest absolute Gasteiger partial charge is 0.152 e. The van der Waals surface area contributed by atoms with Crippen LogP contribution in [0.15, 0.2) is 24.7 Å². The van der Waals surface area contributed by atoms with Crippen LogP contribution in [-0.2, 0) is 0 Å². The Balaban J connectivity index is 2.04. The van der Waals surface area contributed by atoms with Crippen LogP contribution in [0.1, 0.15) is 12.8 Å². The van der Waals surface area contributed by atoms with Crippen LogP contribution in [0.4, 0.5) is 5.82 Å². The maximum absolute atomic E-state index is 5.42. The molecule has 0 bridgehead atoms. The van der Waals surface area contributed by atoms with Crippen LogP contribution in [0.3, 0.4) is 0 Å². The normalized spacial score (nSPS) is 10.7. The second-order valence-electron chi connectivity index (χ2n) is 3.36. The van der Waals surface area contributed by atoms with Gasteiger partial charge in [-0.3, -0.25) is 0 Å². The molecule has 0 aliphatic heterocycles. The van der Waals surface area contributed by atoms with Crippen LogP contribution in [0.2, 0.25) is 0 Å². The SMILES string of the molecule is NCCCCNc1nccn2nccc12. The maximum atomic E-state index is 5.42. The first-order chi connectivity index (χ1) is 7.42. The minimum atomic E-state index is 0.742. The zero-order valence-corrected chi connectivity index (χ0v) is 8.56. The molecular weight excluding hydrogens is 190 g/mol. The van der Waals surface area contributed by atoms with E-state index in [0.717, 1.165) is 37.3 Å². The fourth-order valence-electron chi connectivity index (χ4n) is 1.47. The molecule has 0 saturated heterocycles. The number of rotatable bonds is 5. The summed E-state index contributed by atoms with van der Waals surface area (Å²) in [5.74, 6) is 0.882.